The summed E-state index contributed by atoms with van der Waals surface area (Å²) in [4.78, 5) is 4.37. The van der Waals surface area contributed by atoms with Crippen molar-refractivity contribution in [2.24, 2.45) is 0 Å². The number of aromatic nitrogens is 1. The first kappa shape index (κ1) is 13.6. The first-order valence-electron chi connectivity index (χ1n) is 7.45. The van der Waals surface area contributed by atoms with Crippen molar-refractivity contribution in [2.75, 3.05) is 5.32 Å². The molecule has 3 nitrogen and oxygen atoms in total. The highest BCUT2D eigenvalue weighted by Crippen LogP contribution is 2.31. The van der Waals surface area contributed by atoms with Gasteiger partial charge >= 0.3 is 0 Å². The summed E-state index contributed by atoms with van der Waals surface area (Å²) in [6.07, 6.45) is 4.78. The number of fused-ring (bicyclic) bond motifs is 1. The van der Waals surface area contributed by atoms with Crippen molar-refractivity contribution < 1.29 is 0 Å². The molecule has 0 radical (unpaired) electrons. The molecular formula is C18H19N3. The number of anilines is 2. The number of benzene rings is 1. The van der Waals surface area contributed by atoms with Gasteiger partial charge < -0.3 is 5.32 Å². The zero-order chi connectivity index (χ0) is 14.8. The van der Waals surface area contributed by atoms with E-state index in [9.17, 15) is 5.26 Å². The van der Waals surface area contributed by atoms with Crippen molar-refractivity contribution in [1.82, 2.24) is 4.98 Å². The molecule has 2 aromatic rings. The van der Waals surface area contributed by atoms with E-state index in [1.807, 2.05) is 19.9 Å². The highest BCUT2D eigenvalue weighted by atomic mass is 14.9. The van der Waals surface area contributed by atoms with Gasteiger partial charge in [0.2, 0.25) is 0 Å². The molecule has 0 bridgehead atoms. The second-order valence-corrected chi connectivity index (χ2v) is 5.66. The predicted molar refractivity (Wildman–Crippen MR) is 84.8 cm³/mol. The molecule has 0 amide bonds. The first-order chi connectivity index (χ1) is 10.2. The molecule has 0 saturated heterocycles. The third-order valence-electron chi connectivity index (χ3n) is 4.11. The maximum Gasteiger partial charge on any atom is 0.103 e. The van der Waals surface area contributed by atoms with Crippen LogP contribution in [0.5, 0.6) is 0 Å². The Kier molecular flexibility index (Phi) is 3.62. The van der Waals surface area contributed by atoms with E-state index in [2.05, 4.69) is 34.6 Å². The quantitative estimate of drug-likeness (QED) is 0.895. The molecular weight excluding hydrogens is 258 g/mol. The van der Waals surface area contributed by atoms with Gasteiger partial charge in [0.1, 0.15) is 6.07 Å². The van der Waals surface area contributed by atoms with Gasteiger partial charge in [-0.2, -0.15) is 5.26 Å². The highest BCUT2D eigenvalue weighted by molar-refractivity contribution is 5.70. The maximum atomic E-state index is 9.38. The number of aryl methyl sites for hydroxylation is 3. The number of pyridine rings is 1. The normalized spacial score (nSPS) is 13.4. The Bertz CT molecular complexity index is 726. The molecule has 0 spiro atoms. The third kappa shape index (κ3) is 2.62. The topological polar surface area (TPSA) is 48.7 Å². The molecule has 3 rings (SSSR count). The molecule has 1 heterocycles. The van der Waals surface area contributed by atoms with Gasteiger partial charge in [0.25, 0.3) is 0 Å². The lowest BCUT2D eigenvalue weighted by atomic mass is 9.90. The van der Waals surface area contributed by atoms with E-state index in [0.29, 0.717) is 5.56 Å². The number of nitrogens with one attached hydrogen (secondary N) is 1. The minimum Gasteiger partial charge on any atom is -0.354 e. The summed E-state index contributed by atoms with van der Waals surface area (Å²) >= 11 is 0. The molecule has 1 aromatic heterocycles. The van der Waals surface area contributed by atoms with Gasteiger partial charge in [0.15, 0.2) is 0 Å². The minimum atomic E-state index is 0.633. The van der Waals surface area contributed by atoms with Crippen molar-refractivity contribution >= 4 is 11.4 Å². The minimum absolute atomic E-state index is 0.633. The second-order valence-electron chi connectivity index (χ2n) is 5.66. The summed E-state index contributed by atoms with van der Waals surface area (Å²) in [6, 6.07) is 10.6. The van der Waals surface area contributed by atoms with E-state index in [0.717, 1.165) is 35.6 Å². The molecule has 1 aliphatic carbocycles. The number of hydrogen-bond donors (Lipinski definition) is 1. The molecule has 0 unspecified atom stereocenters. The molecule has 0 saturated carbocycles. The van der Waals surface area contributed by atoms with Crippen LogP contribution < -0.4 is 5.32 Å². The molecule has 1 N–H and O–H groups in total. The Balaban J connectivity index is 2.04. The predicted octanol–water partition coefficient (Wildman–Crippen LogP) is 4.19. The standard InChI is InChI=1S/C18H19N3/c1-12-10-18(16(11-19)13(2)20-12)21-17-9-5-7-14-6-3-4-8-15(14)17/h5,7,9-10H,3-4,6,8H2,1-2H3,(H,20,21). The van der Waals surface area contributed by atoms with Crippen molar-refractivity contribution in [2.45, 2.75) is 39.5 Å². The van der Waals surface area contributed by atoms with Gasteiger partial charge in [-0.05, 0) is 62.8 Å². The van der Waals surface area contributed by atoms with Crippen LogP contribution in [0.4, 0.5) is 11.4 Å². The van der Waals surface area contributed by atoms with Gasteiger partial charge in [-0.3, -0.25) is 4.98 Å². The Morgan fingerprint density at radius 1 is 1.14 bits per heavy atom. The van der Waals surface area contributed by atoms with Crippen LogP contribution in [0.1, 0.15) is 40.9 Å². The molecule has 0 aliphatic heterocycles. The molecule has 3 heteroatoms. The van der Waals surface area contributed by atoms with Crippen molar-refractivity contribution in [3.05, 3.63) is 52.3 Å². The highest BCUT2D eigenvalue weighted by Gasteiger charge is 2.15. The van der Waals surface area contributed by atoms with Crippen LogP contribution in [0.25, 0.3) is 0 Å². The fourth-order valence-corrected chi connectivity index (χ4v) is 3.11. The third-order valence-corrected chi connectivity index (χ3v) is 4.11. The smallest absolute Gasteiger partial charge is 0.103 e. The summed E-state index contributed by atoms with van der Waals surface area (Å²) in [7, 11) is 0. The van der Waals surface area contributed by atoms with Crippen LogP contribution in [0, 0.1) is 25.2 Å². The van der Waals surface area contributed by atoms with Gasteiger partial charge in [0, 0.05) is 11.4 Å². The van der Waals surface area contributed by atoms with Gasteiger partial charge in [-0.25, -0.2) is 0 Å². The molecule has 1 aliphatic rings. The average molecular weight is 277 g/mol. The lowest BCUT2D eigenvalue weighted by Crippen LogP contribution is -2.07. The molecule has 1 aromatic carbocycles. The number of hydrogen-bond acceptors (Lipinski definition) is 3. The Hall–Kier alpha value is -2.34. The second kappa shape index (κ2) is 5.57. The lowest BCUT2D eigenvalue weighted by molar-refractivity contribution is 0.687. The van der Waals surface area contributed by atoms with E-state index in [1.165, 1.54) is 24.0 Å². The van der Waals surface area contributed by atoms with Gasteiger partial charge in [-0.1, -0.05) is 12.1 Å². The fourth-order valence-electron chi connectivity index (χ4n) is 3.11. The van der Waals surface area contributed by atoms with Gasteiger partial charge in [0.05, 0.1) is 16.9 Å². The van der Waals surface area contributed by atoms with Gasteiger partial charge in [-0.15, -0.1) is 0 Å². The first-order valence-corrected chi connectivity index (χ1v) is 7.45. The number of rotatable bonds is 2. The zero-order valence-electron chi connectivity index (χ0n) is 12.5. The summed E-state index contributed by atoms with van der Waals surface area (Å²) in [5.41, 5.74) is 7.18. The summed E-state index contributed by atoms with van der Waals surface area (Å²) in [5.74, 6) is 0. The monoisotopic (exact) mass is 277 g/mol. The van der Waals surface area contributed by atoms with Crippen molar-refractivity contribution in [3.8, 4) is 6.07 Å². The average Bonchev–Trinajstić information content (AvgIpc) is 2.47. The maximum absolute atomic E-state index is 9.38. The molecule has 0 atom stereocenters. The lowest BCUT2D eigenvalue weighted by Gasteiger charge is -2.21. The van der Waals surface area contributed by atoms with Crippen molar-refractivity contribution in [1.29, 1.82) is 5.26 Å². The SMILES string of the molecule is Cc1cc(Nc2cccc3c2CCCC3)c(C#N)c(C)n1. The molecule has 21 heavy (non-hydrogen) atoms. The number of nitriles is 1. The van der Waals surface area contributed by atoms with Crippen molar-refractivity contribution in [3.63, 3.8) is 0 Å². The largest absolute Gasteiger partial charge is 0.354 e. The van der Waals surface area contributed by atoms with Crippen LogP contribution >= 0.6 is 0 Å². The molecule has 0 fully saturated rings. The summed E-state index contributed by atoms with van der Waals surface area (Å²) in [5, 5.41) is 12.8. The van der Waals surface area contributed by atoms with Crippen LogP contribution in [0.3, 0.4) is 0 Å². The summed E-state index contributed by atoms with van der Waals surface area (Å²) in [6.45, 7) is 3.84. The van der Waals surface area contributed by atoms with Crippen LogP contribution in [-0.4, -0.2) is 4.98 Å². The van der Waals surface area contributed by atoms with E-state index in [1.54, 1.807) is 0 Å². The van der Waals surface area contributed by atoms with Crippen LogP contribution in [-0.2, 0) is 12.8 Å². The van der Waals surface area contributed by atoms with E-state index < -0.39 is 0 Å². The van der Waals surface area contributed by atoms with Crippen LogP contribution in [0.15, 0.2) is 24.3 Å². The fraction of sp³-hybridized carbons (Fsp3) is 0.333. The number of nitrogens with zero attached hydrogens (tertiary/aromatic N) is 2. The Morgan fingerprint density at radius 2 is 1.95 bits per heavy atom. The zero-order valence-corrected chi connectivity index (χ0v) is 12.5. The van der Waals surface area contributed by atoms with E-state index in [4.69, 9.17) is 0 Å². The summed E-state index contributed by atoms with van der Waals surface area (Å²) < 4.78 is 0. The molecule has 106 valence electrons. The van der Waals surface area contributed by atoms with E-state index in [-0.39, 0.29) is 0 Å². The Labute approximate surface area is 125 Å². The van der Waals surface area contributed by atoms with Crippen LogP contribution in [0.2, 0.25) is 0 Å². The Morgan fingerprint density at radius 3 is 2.76 bits per heavy atom. The van der Waals surface area contributed by atoms with E-state index >= 15 is 0 Å².